The molecule has 2 amide bonds. The van der Waals surface area contributed by atoms with Crippen molar-refractivity contribution in [3.05, 3.63) is 77.5 Å². The van der Waals surface area contributed by atoms with Crippen molar-refractivity contribution in [3.63, 3.8) is 0 Å². The minimum atomic E-state index is -0.00903. The number of carbonyl (C=O) groups is 2. The van der Waals surface area contributed by atoms with Gasteiger partial charge in [0.1, 0.15) is 16.9 Å². The fourth-order valence-corrected chi connectivity index (χ4v) is 8.33. The number of piperidine rings is 1. The van der Waals surface area contributed by atoms with Gasteiger partial charge in [0.15, 0.2) is 5.82 Å². The number of aromatic nitrogens is 4. The van der Waals surface area contributed by atoms with E-state index in [0.717, 1.165) is 64.1 Å². The van der Waals surface area contributed by atoms with E-state index >= 15 is 0 Å². The largest absolute Gasteiger partial charge is 0.494 e. The van der Waals surface area contributed by atoms with Crippen LogP contribution in [0.25, 0.3) is 33.6 Å². The summed E-state index contributed by atoms with van der Waals surface area (Å²) >= 11 is 0. The first-order valence-corrected chi connectivity index (χ1v) is 17.3. The highest BCUT2D eigenvalue weighted by Crippen LogP contribution is 2.41. The van der Waals surface area contributed by atoms with Crippen LogP contribution in [0.2, 0.25) is 0 Å². The fourth-order valence-electron chi connectivity index (χ4n) is 8.33. The summed E-state index contributed by atoms with van der Waals surface area (Å²) in [7, 11) is 1.66. The van der Waals surface area contributed by atoms with E-state index in [4.69, 9.17) is 20.4 Å². The third kappa shape index (κ3) is 4.79. The average molecular weight is 644 g/mol. The van der Waals surface area contributed by atoms with Gasteiger partial charge in [-0.1, -0.05) is 17.7 Å². The Bertz CT molecular complexity index is 2070. The smallest absolute Gasteiger partial charge is 0.254 e. The SMILES string of the molecule is COc1cc(C(=O)N2CC3CCC2C3N)cc2nc(-c3cc4cccnc4n3CC3CC3)n(CC3CN(C(=O)c4ccc(C)cc4)C3)c12. The molecule has 48 heavy (non-hydrogen) atoms. The Morgan fingerprint density at radius 3 is 2.40 bits per heavy atom. The number of ether oxygens (including phenoxy) is 1. The van der Waals surface area contributed by atoms with Crippen LogP contribution < -0.4 is 10.5 Å². The lowest BCUT2D eigenvalue weighted by Crippen LogP contribution is -2.51. The zero-order valence-electron chi connectivity index (χ0n) is 27.5. The van der Waals surface area contributed by atoms with Gasteiger partial charge in [-0.2, -0.15) is 0 Å². The van der Waals surface area contributed by atoms with E-state index in [-0.39, 0.29) is 29.8 Å². The zero-order chi connectivity index (χ0) is 32.7. The van der Waals surface area contributed by atoms with Crippen LogP contribution in [0.15, 0.2) is 60.8 Å². The topological polar surface area (TPSA) is 112 Å². The Labute approximate surface area is 279 Å². The van der Waals surface area contributed by atoms with Gasteiger partial charge in [-0.25, -0.2) is 9.97 Å². The number of hydrogen-bond acceptors (Lipinski definition) is 6. The van der Waals surface area contributed by atoms with Gasteiger partial charge in [0.25, 0.3) is 11.8 Å². The van der Waals surface area contributed by atoms with E-state index in [1.54, 1.807) is 7.11 Å². The molecule has 0 spiro atoms. The lowest BCUT2D eigenvalue weighted by Gasteiger charge is -2.40. The molecule has 0 radical (unpaired) electrons. The number of pyridine rings is 1. The second-order valence-corrected chi connectivity index (χ2v) is 14.5. The molecule has 2 aromatic carbocycles. The van der Waals surface area contributed by atoms with Crippen LogP contribution in [0.4, 0.5) is 0 Å². The number of rotatable bonds is 8. The number of nitrogens with zero attached hydrogens (tertiary/aromatic N) is 6. The van der Waals surface area contributed by atoms with Gasteiger partial charge in [-0.3, -0.25) is 9.59 Å². The van der Waals surface area contributed by atoms with Crippen molar-refractivity contribution in [2.75, 3.05) is 26.7 Å². The molecule has 2 saturated carbocycles. The molecule has 2 aliphatic heterocycles. The highest BCUT2D eigenvalue weighted by Gasteiger charge is 2.47. The number of amides is 2. The van der Waals surface area contributed by atoms with Crippen molar-refractivity contribution in [1.29, 1.82) is 0 Å². The quantitative estimate of drug-likeness (QED) is 0.252. The molecule has 5 aromatic rings. The van der Waals surface area contributed by atoms with E-state index in [9.17, 15) is 9.59 Å². The van der Waals surface area contributed by atoms with Gasteiger partial charge in [0.2, 0.25) is 0 Å². The molecule has 2 bridgehead atoms. The Morgan fingerprint density at radius 2 is 1.69 bits per heavy atom. The molecule has 4 fully saturated rings. The number of carbonyl (C=O) groups excluding carboxylic acids is 2. The molecule has 3 aromatic heterocycles. The lowest BCUT2D eigenvalue weighted by molar-refractivity contribution is 0.0471. The molecule has 2 saturated heterocycles. The first-order chi connectivity index (χ1) is 23.4. The summed E-state index contributed by atoms with van der Waals surface area (Å²) in [5.74, 6) is 2.75. The predicted molar refractivity (Wildman–Crippen MR) is 184 cm³/mol. The summed E-state index contributed by atoms with van der Waals surface area (Å²) in [4.78, 5) is 41.2. The van der Waals surface area contributed by atoms with Crippen molar-refractivity contribution in [1.82, 2.24) is 28.9 Å². The summed E-state index contributed by atoms with van der Waals surface area (Å²) in [6, 6.07) is 18.0. The molecular formula is C38H41N7O3. The maximum absolute atomic E-state index is 14.0. The highest BCUT2D eigenvalue weighted by molar-refractivity contribution is 6.00. The van der Waals surface area contributed by atoms with E-state index in [1.165, 1.54) is 12.8 Å². The molecular weight excluding hydrogens is 602 g/mol. The molecule has 4 aliphatic rings. The number of likely N-dealkylation sites (tertiary alicyclic amines) is 2. The summed E-state index contributed by atoms with van der Waals surface area (Å²) in [5, 5.41) is 1.08. The van der Waals surface area contributed by atoms with Crippen molar-refractivity contribution in [2.24, 2.45) is 23.5 Å². The third-order valence-corrected chi connectivity index (χ3v) is 11.2. The molecule has 2 aliphatic carbocycles. The minimum absolute atomic E-state index is 0.00903. The number of nitrogens with two attached hydrogens (primary N) is 1. The maximum atomic E-state index is 14.0. The van der Waals surface area contributed by atoms with E-state index in [1.807, 2.05) is 65.4 Å². The summed E-state index contributed by atoms with van der Waals surface area (Å²) in [5.41, 5.74) is 12.5. The van der Waals surface area contributed by atoms with Crippen LogP contribution in [0.5, 0.6) is 5.75 Å². The van der Waals surface area contributed by atoms with Gasteiger partial charge in [0, 0.05) is 73.4 Å². The molecule has 3 unspecified atom stereocenters. The van der Waals surface area contributed by atoms with Gasteiger partial charge in [0.05, 0.1) is 18.3 Å². The Balaban J connectivity index is 1.11. The zero-order valence-corrected chi connectivity index (χ0v) is 27.5. The fraction of sp³-hybridized carbons (Fsp3) is 0.421. The summed E-state index contributed by atoms with van der Waals surface area (Å²) in [6.07, 6.45) is 6.34. The second-order valence-electron chi connectivity index (χ2n) is 14.5. The lowest BCUT2D eigenvalue weighted by atomic mass is 9.98. The van der Waals surface area contributed by atoms with Gasteiger partial charge in [-0.05, 0) is 86.9 Å². The van der Waals surface area contributed by atoms with Crippen LogP contribution in [0, 0.1) is 24.7 Å². The van der Waals surface area contributed by atoms with Gasteiger partial charge in [-0.15, -0.1) is 0 Å². The predicted octanol–water partition coefficient (Wildman–Crippen LogP) is 5.11. The van der Waals surface area contributed by atoms with Crippen LogP contribution >= 0.6 is 0 Å². The van der Waals surface area contributed by atoms with E-state index in [2.05, 4.69) is 21.3 Å². The molecule has 2 N–H and O–H groups in total. The second kappa shape index (κ2) is 11.2. The molecule has 3 atom stereocenters. The first-order valence-electron chi connectivity index (χ1n) is 17.3. The molecule has 10 heteroatoms. The summed E-state index contributed by atoms with van der Waals surface area (Å²) < 4.78 is 10.6. The van der Waals surface area contributed by atoms with E-state index < -0.39 is 0 Å². The number of aryl methyl sites for hydroxylation is 1. The van der Waals surface area contributed by atoms with Crippen LogP contribution in [-0.2, 0) is 13.1 Å². The molecule has 10 nitrogen and oxygen atoms in total. The normalized spacial score (nSPS) is 22.2. The highest BCUT2D eigenvalue weighted by atomic mass is 16.5. The first kappa shape index (κ1) is 29.4. The Kier molecular flexibility index (Phi) is 6.86. The van der Waals surface area contributed by atoms with Crippen LogP contribution in [0.1, 0.15) is 52.0 Å². The van der Waals surface area contributed by atoms with Crippen molar-refractivity contribution in [3.8, 4) is 17.3 Å². The van der Waals surface area contributed by atoms with Gasteiger partial charge >= 0.3 is 0 Å². The maximum Gasteiger partial charge on any atom is 0.254 e. The number of imidazole rings is 1. The number of benzene rings is 2. The Morgan fingerprint density at radius 1 is 0.896 bits per heavy atom. The monoisotopic (exact) mass is 643 g/mol. The van der Waals surface area contributed by atoms with Crippen LogP contribution in [-0.4, -0.2) is 79.5 Å². The molecule has 9 rings (SSSR count). The van der Waals surface area contributed by atoms with E-state index in [0.29, 0.717) is 49.3 Å². The standard InChI is InChI=1S/C38H41N7O3/c1-22-5-9-25(10-6-22)37(46)42-17-24(18-42)20-45-34-29(14-28(16-32(34)48-2)38(47)44-21-27-11-12-30(44)33(27)39)41-36(45)31-15-26-4-3-13-40-35(26)43(31)19-23-7-8-23/h3-6,9-10,13-16,23-24,27,30,33H,7-8,11-12,17-21,39H2,1-2H3. The van der Waals surface area contributed by atoms with Crippen molar-refractivity contribution >= 4 is 33.9 Å². The van der Waals surface area contributed by atoms with Crippen molar-refractivity contribution < 1.29 is 14.3 Å². The number of fused-ring (bicyclic) bond motifs is 4. The van der Waals surface area contributed by atoms with Crippen LogP contribution in [0.3, 0.4) is 0 Å². The molecule has 246 valence electrons. The average Bonchev–Trinajstić information content (AvgIpc) is 3.44. The number of hydrogen-bond donors (Lipinski definition) is 1. The Hall–Kier alpha value is -4.70. The summed E-state index contributed by atoms with van der Waals surface area (Å²) in [6.45, 7) is 5.61. The van der Waals surface area contributed by atoms with Crippen molar-refractivity contribution in [2.45, 2.75) is 57.8 Å². The number of methoxy groups -OCH3 is 1. The molecule has 5 heterocycles. The third-order valence-electron chi connectivity index (χ3n) is 11.2. The minimum Gasteiger partial charge on any atom is -0.494 e. The van der Waals surface area contributed by atoms with Gasteiger partial charge < -0.3 is 29.4 Å².